The number of rotatable bonds is 8. The summed E-state index contributed by atoms with van der Waals surface area (Å²) in [5.74, 6) is 0.683. The molecule has 0 fully saturated rings. The molecule has 0 spiro atoms. The Balaban J connectivity index is 2.21. The Labute approximate surface area is 109 Å². The summed E-state index contributed by atoms with van der Waals surface area (Å²) in [6.07, 6.45) is 9.15. The molecule has 0 bridgehead atoms. The fourth-order valence-electron chi connectivity index (χ4n) is 1.80. The minimum Gasteiger partial charge on any atom is -0.396 e. The molecular formula is C14H22N4. The minimum absolute atomic E-state index is 0.498. The predicted molar refractivity (Wildman–Crippen MR) is 75.2 cm³/mol. The molecule has 1 rings (SSSR count). The smallest absolute Gasteiger partial charge is 0.149 e. The average molecular weight is 246 g/mol. The van der Waals surface area contributed by atoms with Crippen molar-refractivity contribution in [1.82, 2.24) is 4.98 Å². The van der Waals surface area contributed by atoms with E-state index in [1.807, 2.05) is 6.07 Å². The summed E-state index contributed by atoms with van der Waals surface area (Å²) in [4.78, 5) is 4.14. The number of hydrogen-bond donors (Lipinski definition) is 2. The molecule has 3 N–H and O–H groups in total. The number of pyridine rings is 1. The molecule has 0 radical (unpaired) electrons. The molecule has 0 saturated heterocycles. The second kappa shape index (κ2) is 8.35. The van der Waals surface area contributed by atoms with Gasteiger partial charge in [0, 0.05) is 12.7 Å². The van der Waals surface area contributed by atoms with Crippen molar-refractivity contribution < 1.29 is 0 Å². The van der Waals surface area contributed by atoms with Gasteiger partial charge >= 0.3 is 0 Å². The van der Waals surface area contributed by atoms with Crippen LogP contribution in [0, 0.1) is 11.3 Å². The number of nitriles is 1. The lowest BCUT2D eigenvalue weighted by molar-refractivity contribution is 0.617. The summed E-state index contributed by atoms with van der Waals surface area (Å²) in [6, 6.07) is 3.67. The lowest BCUT2D eigenvalue weighted by atomic mass is 10.1. The number of anilines is 2. The van der Waals surface area contributed by atoms with Crippen molar-refractivity contribution in [2.45, 2.75) is 45.4 Å². The molecule has 0 aliphatic heterocycles. The van der Waals surface area contributed by atoms with E-state index in [1.54, 1.807) is 12.3 Å². The number of nitrogen functional groups attached to an aromatic ring is 1. The van der Waals surface area contributed by atoms with E-state index in [0.717, 1.165) is 13.0 Å². The van der Waals surface area contributed by atoms with E-state index in [9.17, 15) is 0 Å². The molecule has 0 aliphatic carbocycles. The van der Waals surface area contributed by atoms with E-state index >= 15 is 0 Å². The highest BCUT2D eigenvalue weighted by Crippen LogP contribution is 2.16. The van der Waals surface area contributed by atoms with Crippen LogP contribution in [0.1, 0.15) is 51.0 Å². The summed E-state index contributed by atoms with van der Waals surface area (Å²) in [6.45, 7) is 3.11. The van der Waals surface area contributed by atoms with Gasteiger partial charge in [-0.25, -0.2) is 4.98 Å². The summed E-state index contributed by atoms with van der Waals surface area (Å²) >= 11 is 0. The van der Waals surface area contributed by atoms with E-state index in [4.69, 9.17) is 11.0 Å². The van der Waals surface area contributed by atoms with Crippen LogP contribution in [0.25, 0.3) is 0 Å². The zero-order valence-corrected chi connectivity index (χ0v) is 11.1. The molecule has 0 aliphatic rings. The van der Waals surface area contributed by atoms with Crippen LogP contribution < -0.4 is 11.1 Å². The Morgan fingerprint density at radius 1 is 1.28 bits per heavy atom. The first-order valence-electron chi connectivity index (χ1n) is 6.67. The molecule has 1 heterocycles. The number of aromatic nitrogens is 1. The van der Waals surface area contributed by atoms with Crippen LogP contribution in [0.4, 0.5) is 11.5 Å². The fourth-order valence-corrected chi connectivity index (χ4v) is 1.80. The Hall–Kier alpha value is -1.76. The highest BCUT2D eigenvalue weighted by molar-refractivity contribution is 5.62. The van der Waals surface area contributed by atoms with Crippen LogP contribution in [0.2, 0.25) is 0 Å². The maximum atomic E-state index is 8.70. The van der Waals surface area contributed by atoms with E-state index in [2.05, 4.69) is 17.2 Å². The zero-order valence-electron chi connectivity index (χ0n) is 11.1. The van der Waals surface area contributed by atoms with Gasteiger partial charge in [0.1, 0.15) is 11.9 Å². The molecule has 0 amide bonds. The van der Waals surface area contributed by atoms with Gasteiger partial charge in [-0.3, -0.25) is 0 Å². The lowest BCUT2D eigenvalue weighted by Crippen LogP contribution is -2.06. The van der Waals surface area contributed by atoms with Gasteiger partial charge < -0.3 is 11.1 Å². The average Bonchev–Trinajstić information content (AvgIpc) is 2.39. The number of nitrogens with one attached hydrogen (secondary N) is 1. The number of hydrogen-bond acceptors (Lipinski definition) is 4. The third-order valence-corrected chi connectivity index (χ3v) is 2.87. The Morgan fingerprint density at radius 3 is 2.67 bits per heavy atom. The van der Waals surface area contributed by atoms with E-state index in [-0.39, 0.29) is 0 Å². The molecule has 1 aromatic rings. The first-order valence-corrected chi connectivity index (χ1v) is 6.67. The lowest BCUT2D eigenvalue weighted by Gasteiger charge is -2.08. The zero-order chi connectivity index (χ0) is 13.2. The second-order valence-corrected chi connectivity index (χ2v) is 4.47. The van der Waals surface area contributed by atoms with Crippen molar-refractivity contribution >= 4 is 11.5 Å². The van der Waals surface area contributed by atoms with Gasteiger partial charge in [-0.2, -0.15) is 5.26 Å². The highest BCUT2D eigenvalue weighted by Gasteiger charge is 2.01. The van der Waals surface area contributed by atoms with Gasteiger partial charge in [0.05, 0.1) is 11.3 Å². The van der Waals surface area contributed by atoms with Crippen LogP contribution in [-0.2, 0) is 0 Å². The third-order valence-electron chi connectivity index (χ3n) is 2.87. The summed E-state index contributed by atoms with van der Waals surface area (Å²) < 4.78 is 0. The van der Waals surface area contributed by atoms with Gasteiger partial charge in [-0.15, -0.1) is 0 Å². The van der Waals surface area contributed by atoms with Crippen LogP contribution in [0.3, 0.4) is 0 Å². The van der Waals surface area contributed by atoms with Gasteiger partial charge in [0.2, 0.25) is 0 Å². The predicted octanol–water partition coefficient (Wildman–Crippen LogP) is 3.31. The van der Waals surface area contributed by atoms with Crippen LogP contribution in [0.15, 0.2) is 12.3 Å². The molecule has 0 unspecified atom stereocenters. The maximum Gasteiger partial charge on any atom is 0.149 e. The quantitative estimate of drug-likeness (QED) is 0.690. The van der Waals surface area contributed by atoms with Crippen molar-refractivity contribution in [1.29, 1.82) is 5.26 Å². The molecule has 98 valence electrons. The molecule has 0 saturated carbocycles. The monoisotopic (exact) mass is 246 g/mol. The highest BCUT2D eigenvalue weighted by atomic mass is 15.0. The van der Waals surface area contributed by atoms with Crippen molar-refractivity contribution in [3.8, 4) is 6.07 Å². The van der Waals surface area contributed by atoms with Crippen LogP contribution >= 0.6 is 0 Å². The Bertz CT molecular complexity index is 395. The molecular weight excluding hydrogens is 224 g/mol. The van der Waals surface area contributed by atoms with Gasteiger partial charge in [0.15, 0.2) is 0 Å². The third kappa shape index (κ3) is 5.05. The normalized spacial score (nSPS) is 10.0. The van der Waals surface area contributed by atoms with Gasteiger partial charge in [-0.05, 0) is 12.5 Å². The van der Waals surface area contributed by atoms with E-state index in [1.165, 1.54) is 32.1 Å². The standard InChI is InChI=1S/C14H22N4/c1-2-3-4-5-6-7-8-17-14-13(16)9-12(10-15)11-18-14/h9,11H,2-8,16H2,1H3,(H,17,18). The minimum atomic E-state index is 0.498. The van der Waals surface area contributed by atoms with Gasteiger partial charge in [-0.1, -0.05) is 39.0 Å². The van der Waals surface area contributed by atoms with Crippen LogP contribution in [0.5, 0.6) is 0 Å². The Kier molecular flexibility index (Phi) is 6.63. The maximum absolute atomic E-state index is 8.70. The SMILES string of the molecule is CCCCCCCCNc1ncc(C#N)cc1N. The van der Waals surface area contributed by atoms with Crippen molar-refractivity contribution in [2.75, 3.05) is 17.6 Å². The van der Waals surface area contributed by atoms with Crippen molar-refractivity contribution in [3.05, 3.63) is 17.8 Å². The topological polar surface area (TPSA) is 74.7 Å². The molecule has 4 heteroatoms. The number of nitrogens with two attached hydrogens (primary N) is 1. The summed E-state index contributed by atoms with van der Waals surface area (Å²) in [7, 11) is 0. The molecule has 18 heavy (non-hydrogen) atoms. The summed E-state index contributed by atoms with van der Waals surface area (Å²) in [5, 5.41) is 11.9. The van der Waals surface area contributed by atoms with E-state index in [0.29, 0.717) is 17.1 Å². The molecule has 4 nitrogen and oxygen atoms in total. The number of unbranched alkanes of at least 4 members (excludes halogenated alkanes) is 5. The molecule has 0 aromatic carbocycles. The molecule has 0 atom stereocenters. The second-order valence-electron chi connectivity index (χ2n) is 4.47. The molecule has 1 aromatic heterocycles. The largest absolute Gasteiger partial charge is 0.396 e. The Morgan fingerprint density at radius 2 is 2.00 bits per heavy atom. The van der Waals surface area contributed by atoms with Crippen LogP contribution in [-0.4, -0.2) is 11.5 Å². The van der Waals surface area contributed by atoms with Gasteiger partial charge in [0.25, 0.3) is 0 Å². The van der Waals surface area contributed by atoms with Crippen molar-refractivity contribution in [3.63, 3.8) is 0 Å². The van der Waals surface area contributed by atoms with Crippen molar-refractivity contribution in [2.24, 2.45) is 0 Å². The fraction of sp³-hybridized carbons (Fsp3) is 0.571. The first kappa shape index (κ1) is 14.3. The summed E-state index contributed by atoms with van der Waals surface area (Å²) in [5.41, 5.74) is 6.84. The first-order chi connectivity index (χ1) is 8.77. The van der Waals surface area contributed by atoms with E-state index < -0.39 is 0 Å². The number of nitrogens with zero attached hydrogens (tertiary/aromatic N) is 2.